The summed E-state index contributed by atoms with van der Waals surface area (Å²) in [6.07, 6.45) is 1.67. The number of aliphatic carboxylic acids is 1. The molecule has 0 spiro atoms. The van der Waals surface area contributed by atoms with Gasteiger partial charge < -0.3 is 9.84 Å². The van der Waals surface area contributed by atoms with Crippen LogP contribution < -0.4 is 4.74 Å². The second-order valence-electron chi connectivity index (χ2n) is 6.16. The summed E-state index contributed by atoms with van der Waals surface area (Å²) in [6, 6.07) is 15.4. The number of aromatic nitrogens is 1. The third-order valence-corrected chi connectivity index (χ3v) is 5.35. The van der Waals surface area contributed by atoms with Crippen LogP contribution in [0.3, 0.4) is 0 Å². The van der Waals surface area contributed by atoms with Gasteiger partial charge in [0.15, 0.2) is 0 Å². The second-order valence-corrected chi connectivity index (χ2v) is 7.15. The molecular weight excluding hydrogens is 348 g/mol. The van der Waals surface area contributed by atoms with Gasteiger partial charge in [-0.1, -0.05) is 43.0 Å². The summed E-state index contributed by atoms with van der Waals surface area (Å²) in [4.78, 5) is 17.8. The van der Waals surface area contributed by atoms with Crippen LogP contribution in [-0.2, 0) is 11.3 Å². The molecule has 0 saturated carbocycles. The van der Waals surface area contributed by atoms with Gasteiger partial charge in [-0.2, -0.15) is 0 Å². The molecule has 1 fully saturated rings. The first-order chi connectivity index (χ1) is 12.2. The average molecular weight is 370 g/mol. The number of thiazole rings is 1. The zero-order chi connectivity index (χ0) is 17.2. The molecule has 1 saturated heterocycles. The number of ether oxygens (including phenoxy) is 1. The van der Waals surface area contributed by atoms with Crippen LogP contribution in [-0.4, -0.2) is 33.5 Å². The Hall–Kier alpha value is -2.44. The highest BCUT2D eigenvalue weighted by molar-refractivity contribution is 7.20. The van der Waals surface area contributed by atoms with Crippen LogP contribution >= 0.6 is 11.3 Å². The smallest absolute Gasteiger partial charge is 0.320 e. The van der Waals surface area contributed by atoms with Crippen LogP contribution in [0.4, 0.5) is 0 Å². The minimum absolute atomic E-state index is 0. The van der Waals surface area contributed by atoms with Crippen LogP contribution in [0.1, 0.15) is 25.8 Å². The van der Waals surface area contributed by atoms with Crippen LogP contribution in [0.15, 0.2) is 48.5 Å². The third kappa shape index (κ3) is 3.86. The molecule has 3 aromatic rings. The molecule has 5 nitrogen and oxygen atoms in total. The Kier molecular flexibility index (Phi) is 5.54. The van der Waals surface area contributed by atoms with Gasteiger partial charge in [-0.3, -0.25) is 9.69 Å². The molecule has 26 heavy (non-hydrogen) atoms. The fraction of sp³-hybridized carbons (Fsp3) is 0.300. The molecule has 136 valence electrons. The number of carbonyl (C=O) groups is 1. The number of para-hydroxylation sites is 1. The Morgan fingerprint density at radius 3 is 2.73 bits per heavy atom. The zero-order valence-corrected chi connectivity index (χ0v) is 14.4. The topological polar surface area (TPSA) is 62.7 Å². The first-order valence-corrected chi connectivity index (χ1v) is 9.10. The lowest BCUT2D eigenvalue weighted by molar-refractivity contribution is -0.142. The molecule has 1 N–H and O–H groups in total. The van der Waals surface area contributed by atoms with Gasteiger partial charge in [0.25, 0.3) is 5.19 Å². The Labute approximate surface area is 156 Å². The molecule has 1 aliphatic rings. The van der Waals surface area contributed by atoms with E-state index in [1.165, 1.54) is 11.3 Å². The van der Waals surface area contributed by atoms with Gasteiger partial charge in [0.1, 0.15) is 11.8 Å². The Balaban J connectivity index is 0.00000196. The van der Waals surface area contributed by atoms with Crippen molar-refractivity contribution >= 4 is 27.5 Å². The van der Waals surface area contributed by atoms with Crippen molar-refractivity contribution in [1.82, 2.24) is 9.88 Å². The molecular formula is C20H22N2O3S. The summed E-state index contributed by atoms with van der Waals surface area (Å²) in [5, 5.41) is 9.89. The van der Waals surface area contributed by atoms with E-state index in [9.17, 15) is 9.90 Å². The number of benzene rings is 2. The van der Waals surface area contributed by atoms with E-state index < -0.39 is 5.97 Å². The number of fused-ring (bicyclic) bond motifs is 1. The second kappa shape index (κ2) is 7.85. The van der Waals surface area contributed by atoms with E-state index in [-0.39, 0.29) is 13.5 Å². The highest BCUT2D eigenvalue weighted by Crippen LogP contribution is 2.31. The number of carboxylic acids is 1. The molecule has 0 bridgehead atoms. The molecule has 2 aromatic carbocycles. The van der Waals surface area contributed by atoms with Crippen molar-refractivity contribution in [3.63, 3.8) is 0 Å². The maximum atomic E-state index is 11.3. The number of hydrogen-bond donors (Lipinski definition) is 1. The van der Waals surface area contributed by atoms with Gasteiger partial charge in [-0.05, 0) is 49.2 Å². The van der Waals surface area contributed by atoms with E-state index >= 15 is 0 Å². The first kappa shape index (κ1) is 18.4. The van der Waals surface area contributed by atoms with E-state index in [0.717, 1.165) is 40.9 Å². The largest absolute Gasteiger partial charge is 0.480 e. The van der Waals surface area contributed by atoms with E-state index in [1.807, 2.05) is 53.4 Å². The molecule has 1 unspecified atom stereocenters. The summed E-state index contributed by atoms with van der Waals surface area (Å²) >= 11 is 1.52. The Morgan fingerprint density at radius 1 is 1.23 bits per heavy atom. The summed E-state index contributed by atoms with van der Waals surface area (Å²) in [7, 11) is 0. The lowest BCUT2D eigenvalue weighted by Crippen LogP contribution is -2.35. The maximum absolute atomic E-state index is 11.3. The van der Waals surface area contributed by atoms with Crippen molar-refractivity contribution in [1.29, 1.82) is 0 Å². The van der Waals surface area contributed by atoms with Crippen LogP contribution in [0, 0.1) is 0 Å². The zero-order valence-electron chi connectivity index (χ0n) is 13.6. The third-order valence-electron chi connectivity index (χ3n) is 4.44. The first-order valence-electron chi connectivity index (χ1n) is 8.28. The quantitative estimate of drug-likeness (QED) is 0.701. The molecule has 1 atom stereocenters. The lowest BCUT2D eigenvalue weighted by Gasteiger charge is -2.21. The van der Waals surface area contributed by atoms with Crippen molar-refractivity contribution in [2.75, 3.05) is 6.54 Å². The standard InChI is InChI=1S/C19H18N2O3S.CH4/c22-18(23)16-5-3-11-21(16)12-13-7-9-14(10-8-13)24-19-20-15-4-1-2-6-17(15)25-19;/h1-2,4,6-10,16H,3,5,11-12H2,(H,22,23);1H4. The van der Waals surface area contributed by atoms with Crippen LogP contribution in [0.2, 0.25) is 0 Å². The van der Waals surface area contributed by atoms with Crippen LogP contribution in [0.25, 0.3) is 10.2 Å². The predicted molar refractivity (Wildman–Crippen MR) is 104 cm³/mol. The minimum Gasteiger partial charge on any atom is -0.480 e. The molecule has 0 radical (unpaired) electrons. The van der Waals surface area contributed by atoms with E-state index in [4.69, 9.17) is 4.74 Å². The molecule has 1 aliphatic heterocycles. The van der Waals surface area contributed by atoms with Crippen molar-refractivity contribution in [2.45, 2.75) is 32.9 Å². The summed E-state index contributed by atoms with van der Waals surface area (Å²) in [6.45, 7) is 1.49. The Morgan fingerprint density at radius 2 is 2.00 bits per heavy atom. The number of likely N-dealkylation sites (tertiary alicyclic amines) is 1. The lowest BCUT2D eigenvalue weighted by atomic mass is 10.2. The molecule has 0 amide bonds. The van der Waals surface area contributed by atoms with E-state index in [1.54, 1.807) is 0 Å². The van der Waals surface area contributed by atoms with Gasteiger partial charge in [0.2, 0.25) is 0 Å². The van der Waals surface area contributed by atoms with Gasteiger partial charge in [0.05, 0.1) is 10.2 Å². The summed E-state index contributed by atoms with van der Waals surface area (Å²) < 4.78 is 6.95. The molecule has 6 heteroatoms. The molecule has 2 heterocycles. The SMILES string of the molecule is C.O=C(O)C1CCCN1Cc1ccc(Oc2nc3ccccc3s2)cc1. The fourth-order valence-electron chi connectivity index (χ4n) is 3.19. The van der Waals surface area contributed by atoms with Crippen molar-refractivity contribution < 1.29 is 14.6 Å². The maximum Gasteiger partial charge on any atom is 0.320 e. The van der Waals surface area contributed by atoms with Crippen molar-refractivity contribution in [2.24, 2.45) is 0 Å². The highest BCUT2D eigenvalue weighted by atomic mass is 32.1. The average Bonchev–Trinajstić information content (AvgIpc) is 3.22. The van der Waals surface area contributed by atoms with Crippen molar-refractivity contribution in [3.05, 3.63) is 54.1 Å². The molecule has 1 aromatic heterocycles. The summed E-state index contributed by atoms with van der Waals surface area (Å²) in [5.74, 6) is 0.00676. The van der Waals surface area contributed by atoms with Gasteiger partial charge in [-0.25, -0.2) is 4.98 Å². The highest BCUT2D eigenvalue weighted by Gasteiger charge is 2.30. The number of nitrogens with zero attached hydrogens (tertiary/aromatic N) is 2. The predicted octanol–water partition coefficient (Wildman–Crippen LogP) is 4.77. The van der Waals surface area contributed by atoms with Gasteiger partial charge in [-0.15, -0.1) is 0 Å². The Bertz CT molecular complexity index is 858. The number of carboxylic acid groups (broad SMARTS) is 1. The number of hydrogen-bond acceptors (Lipinski definition) is 5. The van der Waals surface area contributed by atoms with E-state index in [0.29, 0.717) is 11.7 Å². The van der Waals surface area contributed by atoms with Gasteiger partial charge >= 0.3 is 5.97 Å². The summed E-state index contributed by atoms with van der Waals surface area (Å²) in [5.41, 5.74) is 2.03. The number of rotatable bonds is 5. The molecule has 4 rings (SSSR count). The van der Waals surface area contributed by atoms with Crippen LogP contribution in [0.5, 0.6) is 10.9 Å². The van der Waals surface area contributed by atoms with Gasteiger partial charge in [0, 0.05) is 6.54 Å². The minimum atomic E-state index is -0.728. The monoisotopic (exact) mass is 370 g/mol. The normalized spacial score (nSPS) is 17.2. The van der Waals surface area contributed by atoms with E-state index in [2.05, 4.69) is 4.98 Å². The fourth-order valence-corrected chi connectivity index (χ4v) is 4.02. The van der Waals surface area contributed by atoms with Crippen molar-refractivity contribution in [3.8, 4) is 10.9 Å². The molecule has 0 aliphatic carbocycles.